The third kappa shape index (κ3) is 4.47. The number of benzene rings is 2. The van der Waals surface area contributed by atoms with E-state index in [1.54, 1.807) is 6.92 Å². The van der Waals surface area contributed by atoms with Gasteiger partial charge in [0.1, 0.15) is 0 Å². The molecule has 174 valence electrons. The number of sulfonamides is 1. The van der Waals surface area contributed by atoms with Crippen LogP contribution in [-0.2, 0) is 16.6 Å². The van der Waals surface area contributed by atoms with E-state index in [-0.39, 0.29) is 22.5 Å². The average Bonchev–Trinajstić information content (AvgIpc) is 2.79. The molecule has 2 heterocycles. The fraction of sp³-hybridized carbons (Fsp3) is 0.318. The molecule has 1 aliphatic heterocycles. The van der Waals surface area contributed by atoms with E-state index < -0.39 is 27.2 Å². The molecular weight excluding hydrogens is 446 g/mol. The van der Waals surface area contributed by atoms with E-state index in [0.717, 1.165) is 4.57 Å². The molecule has 0 bridgehead atoms. The molecule has 2 N–H and O–H groups in total. The van der Waals surface area contributed by atoms with Crippen LogP contribution < -0.4 is 16.6 Å². The van der Waals surface area contributed by atoms with Crippen molar-refractivity contribution in [3.05, 3.63) is 68.9 Å². The SMILES string of the molecule is CCn1c(=O)[nH]c2cc(C(=O)Nc3ccc(S(=O)(=O)N4CCN(C)CC4)cc3)ccc2c1=O. The molecule has 3 aromatic rings. The van der Waals surface area contributed by atoms with E-state index in [0.29, 0.717) is 37.3 Å². The smallest absolute Gasteiger partial charge is 0.322 e. The maximum Gasteiger partial charge on any atom is 0.328 e. The minimum atomic E-state index is -3.59. The molecule has 11 heteroatoms. The summed E-state index contributed by atoms with van der Waals surface area (Å²) >= 11 is 0. The first-order chi connectivity index (χ1) is 15.7. The number of carbonyl (C=O) groups excluding carboxylic acids is 1. The number of hydrogen-bond acceptors (Lipinski definition) is 6. The highest BCUT2D eigenvalue weighted by atomic mass is 32.2. The Kier molecular flexibility index (Phi) is 6.19. The Bertz CT molecular complexity index is 1420. The Morgan fingerprint density at radius 1 is 1.03 bits per heavy atom. The van der Waals surface area contributed by atoms with E-state index in [9.17, 15) is 22.8 Å². The molecule has 1 aliphatic rings. The number of nitrogens with zero attached hydrogens (tertiary/aromatic N) is 3. The van der Waals surface area contributed by atoms with E-state index in [1.807, 2.05) is 7.05 Å². The van der Waals surface area contributed by atoms with Crippen molar-refractivity contribution >= 4 is 32.5 Å². The predicted octanol–water partition coefficient (Wildman–Crippen LogP) is 0.898. The normalized spacial score (nSPS) is 15.6. The summed E-state index contributed by atoms with van der Waals surface area (Å²) in [4.78, 5) is 42.0. The summed E-state index contributed by atoms with van der Waals surface area (Å²) in [6, 6.07) is 10.4. The molecule has 33 heavy (non-hydrogen) atoms. The van der Waals surface area contributed by atoms with Gasteiger partial charge in [-0.25, -0.2) is 13.2 Å². The summed E-state index contributed by atoms with van der Waals surface area (Å²) in [5.41, 5.74) is -0.00529. The maximum atomic E-state index is 12.8. The topological polar surface area (TPSA) is 125 Å². The molecular formula is C22H25N5O5S. The zero-order valence-corrected chi connectivity index (χ0v) is 19.2. The molecule has 2 aromatic carbocycles. The number of fused-ring (bicyclic) bond motifs is 1. The van der Waals surface area contributed by atoms with Crippen LogP contribution in [0.4, 0.5) is 5.69 Å². The van der Waals surface area contributed by atoms with E-state index in [1.165, 1.54) is 46.8 Å². The Balaban J connectivity index is 1.52. The van der Waals surface area contributed by atoms with Crippen molar-refractivity contribution in [3.8, 4) is 0 Å². The lowest BCUT2D eigenvalue weighted by Crippen LogP contribution is -2.46. The van der Waals surface area contributed by atoms with Gasteiger partial charge in [0.2, 0.25) is 10.0 Å². The number of anilines is 1. The van der Waals surface area contributed by atoms with E-state index in [4.69, 9.17) is 0 Å². The molecule has 0 atom stereocenters. The second kappa shape index (κ2) is 8.93. The van der Waals surface area contributed by atoms with Crippen LogP contribution in [0.3, 0.4) is 0 Å². The highest BCUT2D eigenvalue weighted by molar-refractivity contribution is 7.89. The number of aromatic nitrogens is 2. The summed E-state index contributed by atoms with van der Waals surface area (Å²) in [6.07, 6.45) is 0. The molecule has 4 rings (SSSR count). The van der Waals surface area contributed by atoms with Gasteiger partial charge < -0.3 is 15.2 Å². The van der Waals surface area contributed by atoms with Gasteiger partial charge in [0.05, 0.1) is 15.8 Å². The average molecular weight is 472 g/mol. The predicted molar refractivity (Wildman–Crippen MR) is 125 cm³/mol. The molecule has 0 unspecified atom stereocenters. The van der Waals surface area contributed by atoms with Gasteiger partial charge in [0.25, 0.3) is 11.5 Å². The van der Waals surface area contributed by atoms with Crippen molar-refractivity contribution in [2.45, 2.75) is 18.4 Å². The first kappa shape index (κ1) is 22.9. The molecule has 1 aromatic heterocycles. The second-order valence-electron chi connectivity index (χ2n) is 7.93. The summed E-state index contributed by atoms with van der Waals surface area (Å²) < 4.78 is 28.2. The summed E-state index contributed by atoms with van der Waals surface area (Å²) in [5.74, 6) is -0.452. The van der Waals surface area contributed by atoms with Crippen molar-refractivity contribution in [1.29, 1.82) is 0 Å². The highest BCUT2D eigenvalue weighted by Crippen LogP contribution is 2.20. The second-order valence-corrected chi connectivity index (χ2v) is 9.86. The van der Waals surface area contributed by atoms with Crippen LogP contribution in [0.5, 0.6) is 0 Å². The number of nitrogens with one attached hydrogen (secondary N) is 2. The first-order valence-corrected chi connectivity index (χ1v) is 12.0. The Morgan fingerprint density at radius 2 is 1.70 bits per heavy atom. The number of rotatable bonds is 5. The van der Waals surface area contributed by atoms with Crippen LogP contribution in [0, 0.1) is 0 Å². The summed E-state index contributed by atoms with van der Waals surface area (Å²) in [6.45, 7) is 4.17. The lowest BCUT2D eigenvalue weighted by molar-refractivity contribution is 0.102. The summed E-state index contributed by atoms with van der Waals surface area (Å²) in [5, 5.41) is 3.02. The molecule has 0 spiro atoms. The molecule has 10 nitrogen and oxygen atoms in total. The van der Waals surface area contributed by atoms with Crippen LogP contribution >= 0.6 is 0 Å². The number of aromatic amines is 1. The van der Waals surface area contributed by atoms with Gasteiger partial charge in [-0.1, -0.05) is 0 Å². The minimum Gasteiger partial charge on any atom is -0.322 e. The van der Waals surface area contributed by atoms with Crippen molar-refractivity contribution in [2.75, 3.05) is 38.5 Å². The zero-order valence-electron chi connectivity index (χ0n) is 18.4. The number of carbonyl (C=O) groups is 1. The molecule has 0 aliphatic carbocycles. The van der Waals surface area contributed by atoms with Crippen LogP contribution in [0.2, 0.25) is 0 Å². The third-order valence-electron chi connectivity index (χ3n) is 5.77. The standard InChI is InChI=1S/C22H25N5O5S/c1-3-27-21(29)18-9-4-15(14-19(18)24-22(27)30)20(28)23-16-5-7-17(8-6-16)33(31,32)26-12-10-25(2)11-13-26/h4-9,14H,3,10-13H2,1-2H3,(H,23,28)(H,24,30). The minimum absolute atomic E-state index is 0.167. The Hall–Kier alpha value is -3.28. The quantitative estimate of drug-likeness (QED) is 0.570. The third-order valence-corrected chi connectivity index (χ3v) is 7.69. The molecule has 0 saturated carbocycles. The maximum absolute atomic E-state index is 12.8. The van der Waals surface area contributed by atoms with E-state index in [2.05, 4.69) is 15.2 Å². The van der Waals surface area contributed by atoms with Gasteiger partial charge in [-0.3, -0.25) is 14.2 Å². The largest absolute Gasteiger partial charge is 0.328 e. The van der Waals surface area contributed by atoms with Crippen molar-refractivity contribution in [3.63, 3.8) is 0 Å². The monoisotopic (exact) mass is 471 g/mol. The molecule has 1 saturated heterocycles. The number of likely N-dealkylation sites (N-methyl/N-ethyl adjacent to an activating group) is 1. The first-order valence-electron chi connectivity index (χ1n) is 10.6. The van der Waals surface area contributed by atoms with Gasteiger partial charge >= 0.3 is 5.69 Å². The van der Waals surface area contributed by atoms with Gasteiger partial charge in [0, 0.05) is 44.0 Å². The number of hydrogen-bond donors (Lipinski definition) is 2. The van der Waals surface area contributed by atoms with Crippen LogP contribution in [0.25, 0.3) is 10.9 Å². The fourth-order valence-corrected chi connectivity index (χ4v) is 5.20. The van der Waals surface area contributed by atoms with Crippen LogP contribution in [0.1, 0.15) is 17.3 Å². The number of piperazine rings is 1. The van der Waals surface area contributed by atoms with Crippen molar-refractivity contribution in [1.82, 2.24) is 18.8 Å². The lowest BCUT2D eigenvalue weighted by atomic mass is 10.1. The highest BCUT2D eigenvalue weighted by Gasteiger charge is 2.27. The zero-order chi connectivity index (χ0) is 23.8. The van der Waals surface area contributed by atoms with Gasteiger partial charge in [0.15, 0.2) is 0 Å². The van der Waals surface area contributed by atoms with Gasteiger partial charge in [-0.05, 0) is 56.4 Å². The van der Waals surface area contributed by atoms with Gasteiger partial charge in [-0.15, -0.1) is 0 Å². The Morgan fingerprint density at radius 3 is 2.33 bits per heavy atom. The number of H-pyrrole nitrogens is 1. The van der Waals surface area contributed by atoms with E-state index >= 15 is 0 Å². The number of amides is 1. The Labute approximate surface area is 190 Å². The lowest BCUT2D eigenvalue weighted by Gasteiger charge is -2.31. The van der Waals surface area contributed by atoms with Crippen molar-refractivity contribution in [2.24, 2.45) is 0 Å². The molecule has 1 fully saturated rings. The molecule has 0 radical (unpaired) electrons. The summed E-state index contributed by atoms with van der Waals surface area (Å²) in [7, 11) is -1.64. The van der Waals surface area contributed by atoms with Gasteiger partial charge in [-0.2, -0.15) is 4.31 Å². The fourth-order valence-electron chi connectivity index (χ4n) is 3.77. The van der Waals surface area contributed by atoms with Crippen LogP contribution in [-0.4, -0.2) is 66.3 Å². The molecule has 1 amide bonds. The van der Waals surface area contributed by atoms with Crippen LogP contribution in [0.15, 0.2) is 56.9 Å². The van der Waals surface area contributed by atoms with Crippen molar-refractivity contribution < 1.29 is 13.2 Å².